The Kier molecular flexibility index (Phi) is 5.26. The van der Waals surface area contributed by atoms with E-state index in [4.69, 9.17) is 0 Å². The van der Waals surface area contributed by atoms with E-state index in [1.54, 1.807) is 0 Å². The molecule has 0 radical (unpaired) electrons. The Morgan fingerprint density at radius 1 is 0.318 bits per heavy atom. The maximum absolute atomic E-state index is 2.44. The van der Waals surface area contributed by atoms with Crippen LogP contribution in [0.5, 0.6) is 0 Å². The van der Waals surface area contributed by atoms with Gasteiger partial charge in [0.05, 0.1) is 0 Å². The van der Waals surface area contributed by atoms with Gasteiger partial charge in [-0.15, -0.1) is 34.0 Å². The van der Waals surface area contributed by atoms with Gasteiger partial charge in [-0.25, -0.2) is 0 Å². The molecule has 0 aliphatic heterocycles. The van der Waals surface area contributed by atoms with Crippen LogP contribution in [0.4, 0.5) is 17.1 Å². The van der Waals surface area contributed by atoms with Gasteiger partial charge in [0.15, 0.2) is 0 Å². The second-order valence-electron chi connectivity index (χ2n) is 11.3. The fraction of sp³-hybridized carbons (Fsp3) is 0. The summed E-state index contributed by atoms with van der Waals surface area (Å²) in [7, 11) is 0. The SMILES string of the molecule is c1ccc2c(c1)sc1ccc(N(c3ccc4c(ccc5sc6ccccc6c54)c3)c3ccc4sc5ccccc5c4c3)cc12. The van der Waals surface area contributed by atoms with E-state index in [-0.39, 0.29) is 0 Å². The number of thiophene rings is 3. The van der Waals surface area contributed by atoms with E-state index in [1.165, 1.54) is 82.7 Å². The van der Waals surface area contributed by atoms with Crippen LogP contribution in [0.1, 0.15) is 0 Å². The van der Waals surface area contributed by atoms with Crippen molar-refractivity contribution in [3.05, 3.63) is 140 Å². The molecule has 0 aliphatic carbocycles. The Labute approximate surface area is 265 Å². The van der Waals surface area contributed by atoms with Crippen LogP contribution in [0.2, 0.25) is 0 Å². The Hall–Kier alpha value is -4.74. The minimum atomic E-state index is 1.16. The summed E-state index contributed by atoms with van der Waals surface area (Å²) in [6, 6.07) is 51.8. The molecule has 3 heterocycles. The first-order valence-corrected chi connectivity index (χ1v) is 17.2. The highest BCUT2D eigenvalue weighted by Gasteiger charge is 2.18. The molecule has 0 N–H and O–H groups in total. The number of hydrogen-bond donors (Lipinski definition) is 0. The smallest absolute Gasteiger partial charge is 0.0468 e. The summed E-state index contributed by atoms with van der Waals surface area (Å²) in [5, 5.41) is 10.5. The molecule has 0 saturated carbocycles. The minimum absolute atomic E-state index is 1.16. The lowest BCUT2D eigenvalue weighted by Crippen LogP contribution is -2.09. The maximum atomic E-state index is 2.44. The Morgan fingerprint density at radius 3 is 1.41 bits per heavy atom. The molecule has 0 aliphatic rings. The molecule has 4 heteroatoms. The first-order chi connectivity index (χ1) is 21.8. The molecule has 0 unspecified atom stereocenters. The molecule has 206 valence electrons. The molecule has 1 nitrogen and oxygen atoms in total. The van der Waals surface area contributed by atoms with Crippen LogP contribution in [0, 0.1) is 0 Å². The average Bonchev–Trinajstić information content (AvgIpc) is 3.76. The molecule has 0 atom stereocenters. The van der Waals surface area contributed by atoms with Gasteiger partial charge in [-0.05, 0) is 83.6 Å². The maximum Gasteiger partial charge on any atom is 0.0468 e. The van der Waals surface area contributed by atoms with Crippen LogP contribution in [0.15, 0.2) is 140 Å². The quantitative estimate of drug-likeness (QED) is 0.192. The van der Waals surface area contributed by atoms with Gasteiger partial charge in [0.25, 0.3) is 0 Å². The van der Waals surface area contributed by atoms with Crippen molar-refractivity contribution < 1.29 is 0 Å². The average molecular weight is 614 g/mol. The number of anilines is 3. The van der Waals surface area contributed by atoms with E-state index in [0.717, 1.165) is 5.69 Å². The highest BCUT2D eigenvalue weighted by atomic mass is 32.1. The van der Waals surface area contributed by atoms with E-state index in [0.29, 0.717) is 0 Å². The van der Waals surface area contributed by atoms with Gasteiger partial charge in [0.2, 0.25) is 0 Å². The number of nitrogens with zero attached hydrogens (tertiary/aromatic N) is 1. The second kappa shape index (κ2) is 9.38. The molecule has 0 amide bonds. The molecular formula is C40H23NS3. The molecule has 10 rings (SSSR count). The molecule has 0 bridgehead atoms. The minimum Gasteiger partial charge on any atom is -0.310 e. The first-order valence-electron chi connectivity index (χ1n) is 14.8. The number of benzene rings is 7. The fourth-order valence-corrected chi connectivity index (χ4v) is 10.1. The predicted molar refractivity (Wildman–Crippen MR) is 197 cm³/mol. The summed E-state index contributed by atoms with van der Waals surface area (Å²) < 4.78 is 7.98. The van der Waals surface area contributed by atoms with Crippen LogP contribution in [0.25, 0.3) is 71.3 Å². The highest BCUT2D eigenvalue weighted by molar-refractivity contribution is 7.26. The van der Waals surface area contributed by atoms with Crippen molar-refractivity contribution in [2.24, 2.45) is 0 Å². The van der Waals surface area contributed by atoms with E-state index >= 15 is 0 Å². The Morgan fingerprint density at radius 2 is 0.773 bits per heavy atom. The molecule has 0 spiro atoms. The van der Waals surface area contributed by atoms with Gasteiger partial charge in [-0.2, -0.15) is 0 Å². The largest absolute Gasteiger partial charge is 0.310 e. The van der Waals surface area contributed by atoms with Crippen molar-refractivity contribution in [2.45, 2.75) is 0 Å². The zero-order chi connectivity index (χ0) is 28.8. The van der Waals surface area contributed by atoms with Crippen molar-refractivity contribution in [2.75, 3.05) is 4.90 Å². The standard InChI is InChI=1S/C40H23NS3/c1-4-10-34-29(7-1)32-22-26(15-19-37(32)42-34)41(27-16-20-38-33(23-27)30-8-2-5-11-35(30)43-38)25-14-17-28-24(21-25)13-18-39-40(28)31-9-3-6-12-36(31)44-39/h1-23H. The summed E-state index contributed by atoms with van der Waals surface area (Å²) in [6.07, 6.45) is 0. The predicted octanol–water partition coefficient (Wildman–Crippen LogP) is 13.4. The van der Waals surface area contributed by atoms with Crippen LogP contribution in [0.3, 0.4) is 0 Å². The molecule has 44 heavy (non-hydrogen) atoms. The summed E-state index contributed by atoms with van der Waals surface area (Å²) in [6.45, 7) is 0. The van der Waals surface area contributed by atoms with Crippen molar-refractivity contribution in [3.8, 4) is 0 Å². The van der Waals surface area contributed by atoms with Crippen LogP contribution in [-0.4, -0.2) is 0 Å². The first kappa shape index (κ1) is 24.7. The molecule has 10 aromatic rings. The van der Waals surface area contributed by atoms with Gasteiger partial charge in [-0.1, -0.05) is 66.7 Å². The van der Waals surface area contributed by atoms with Crippen LogP contribution < -0.4 is 4.90 Å². The number of hydrogen-bond acceptors (Lipinski definition) is 4. The van der Waals surface area contributed by atoms with E-state index in [1.807, 2.05) is 34.0 Å². The Bertz CT molecular complexity index is 2630. The second-order valence-corrected chi connectivity index (χ2v) is 14.6. The van der Waals surface area contributed by atoms with E-state index < -0.39 is 0 Å². The lowest BCUT2D eigenvalue weighted by Gasteiger charge is -2.26. The third-order valence-corrected chi connectivity index (χ3v) is 12.3. The van der Waals surface area contributed by atoms with Gasteiger partial charge < -0.3 is 4.90 Å². The van der Waals surface area contributed by atoms with Crippen molar-refractivity contribution in [1.29, 1.82) is 0 Å². The van der Waals surface area contributed by atoms with Gasteiger partial charge in [-0.3, -0.25) is 0 Å². The third-order valence-electron chi connectivity index (χ3n) is 8.84. The molecular weight excluding hydrogens is 591 g/mol. The zero-order valence-electron chi connectivity index (χ0n) is 23.5. The van der Waals surface area contributed by atoms with Crippen molar-refractivity contribution in [3.63, 3.8) is 0 Å². The summed E-state index contributed by atoms with van der Waals surface area (Å²) in [4.78, 5) is 2.44. The summed E-state index contributed by atoms with van der Waals surface area (Å²) >= 11 is 5.61. The summed E-state index contributed by atoms with van der Waals surface area (Å²) in [5.74, 6) is 0. The third kappa shape index (κ3) is 3.62. The molecule has 0 saturated heterocycles. The van der Waals surface area contributed by atoms with Gasteiger partial charge >= 0.3 is 0 Å². The zero-order valence-corrected chi connectivity index (χ0v) is 25.9. The molecule has 0 fully saturated rings. The monoisotopic (exact) mass is 613 g/mol. The lowest BCUT2D eigenvalue weighted by molar-refractivity contribution is 1.30. The van der Waals surface area contributed by atoms with E-state index in [9.17, 15) is 0 Å². The normalized spacial score (nSPS) is 12.1. The fourth-order valence-electron chi connectivity index (χ4n) is 6.83. The summed E-state index contributed by atoms with van der Waals surface area (Å²) in [5.41, 5.74) is 3.50. The van der Waals surface area contributed by atoms with Gasteiger partial charge in [0.1, 0.15) is 0 Å². The van der Waals surface area contributed by atoms with E-state index in [2.05, 4.69) is 144 Å². The topological polar surface area (TPSA) is 3.24 Å². The molecule has 3 aromatic heterocycles. The Balaban J connectivity index is 1.23. The van der Waals surface area contributed by atoms with Crippen molar-refractivity contribution in [1.82, 2.24) is 0 Å². The lowest BCUT2D eigenvalue weighted by atomic mass is 10.0. The number of fused-ring (bicyclic) bond motifs is 11. The van der Waals surface area contributed by atoms with Gasteiger partial charge in [0, 0.05) is 77.6 Å². The molecule has 7 aromatic carbocycles. The van der Waals surface area contributed by atoms with Crippen LogP contribution >= 0.6 is 34.0 Å². The van der Waals surface area contributed by atoms with Crippen molar-refractivity contribution >= 4 is 122 Å². The number of rotatable bonds is 3. The van der Waals surface area contributed by atoms with Crippen LogP contribution in [-0.2, 0) is 0 Å². The highest BCUT2D eigenvalue weighted by Crippen LogP contribution is 2.45.